The van der Waals surface area contributed by atoms with Crippen LogP contribution in [0.4, 0.5) is 0 Å². The Morgan fingerprint density at radius 2 is 2.00 bits per heavy atom. The Bertz CT molecular complexity index is 841. The number of rotatable bonds is 7. The van der Waals surface area contributed by atoms with E-state index in [1.54, 1.807) is 7.11 Å². The molecule has 0 aliphatic carbocycles. The lowest BCUT2D eigenvalue weighted by molar-refractivity contribution is 0.186. The van der Waals surface area contributed by atoms with E-state index in [-0.39, 0.29) is 6.10 Å². The molecule has 2 atom stereocenters. The summed E-state index contributed by atoms with van der Waals surface area (Å²) in [6.45, 7) is 6.55. The maximum Gasteiger partial charge on any atom is 0.175 e. The van der Waals surface area contributed by atoms with Gasteiger partial charge in [-0.2, -0.15) is 0 Å². The van der Waals surface area contributed by atoms with Crippen molar-refractivity contribution in [1.82, 2.24) is 4.90 Å². The number of thioether (sulfide) groups is 1. The first-order valence-corrected chi connectivity index (χ1v) is 12.0. The predicted molar refractivity (Wildman–Crippen MR) is 122 cm³/mol. The molecule has 4 rings (SSSR count). The van der Waals surface area contributed by atoms with Crippen molar-refractivity contribution in [2.24, 2.45) is 0 Å². The summed E-state index contributed by atoms with van der Waals surface area (Å²) in [5.74, 6) is 2.51. The van der Waals surface area contributed by atoms with Gasteiger partial charge in [-0.25, -0.2) is 0 Å². The average molecular weight is 478 g/mol. The zero-order chi connectivity index (χ0) is 20.2. The zero-order valence-corrected chi connectivity index (χ0v) is 19.4. The number of para-hydroxylation sites is 1. The summed E-state index contributed by atoms with van der Waals surface area (Å²) < 4.78 is 18.9. The number of likely N-dealkylation sites (tertiary alicyclic amines) is 1. The molecule has 0 bridgehead atoms. The lowest BCUT2D eigenvalue weighted by Gasteiger charge is -2.32. The molecule has 1 fully saturated rings. The molecule has 0 saturated carbocycles. The van der Waals surface area contributed by atoms with Crippen LogP contribution in [0.15, 0.2) is 45.8 Å². The van der Waals surface area contributed by atoms with Crippen molar-refractivity contribution in [2.45, 2.75) is 42.4 Å². The molecular formula is C23H28BrNO3S. The molecule has 0 unspecified atom stereocenters. The van der Waals surface area contributed by atoms with Crippen LogP contribution in [0.2, 0.25) is 0 Å². The summed E-state index contributed by atoms with van der Waals surface area (Å²) in [5, 5.41) is 0.300. The SMILES string of the molecule is COc1cccc2c1O[C@@H](c1ccc(OCCCN3CCCC3)c(Br)c1)[C@H](C)S2. The number of hydrogen-bond acceptors (Lipinski definition) is 5. The number of nitrogens with zero attached hydrogens (tertiary/aromatic N) is 1. The van der Waals surface area contributed by atoms with Gasteiger partial charge in [-0.05, 0) is 85.0 Å². The van der Waals surface area contributed by atoms with Crippen molar-refractivity contribution in [3.05, 3.63) is 46.4 Å². The number of methoxy groups -OCH3 is 1. The van der Waals surface area contributed by atoms with Gasteiger partial charge in [0, 0.05) is 11.8 Å². The summed E-state index contributed by atoms with van der Waals surface area (Å²) in [6.07, 6.45) is 3.70. The van der Waals surface area contributed by atoms with Crippen LogP contribution in [-0.2, 0) is 0 Å². The molecular weight excluding hydrogens is 450 g/mol. The fourth-order valence-electron chi connectivity index (χ4n) is 3.98. The monoisotopic (exact) mass is 477 g/mol. The minimum absolute atomic E-state index is 0.0377. The Labute approximate surface area is 186 Å². The third kappa shape index (κ3) is 4.86. The van der Waals surface area contributed by atoms with Gasteiger partial charge in [-0.15, -0.1) is 11.8 Å². The Kier molecular flexibility index (Phi) is 6.93. The smallest absolute Gasteiger partial charge is 0.175 e. The number of hydrogen-bond donors (Lipinski definition) is 0. The third-order valence-corrected chi connectivity index (χ3v) is 7.32. The summed E-state index contributed by atoms with van der Waals surface area (Å²) in [4.78, 5) is 3.65. The first-order chi connectivity index (χ1) is 14.2. The highest BCUT2D eigenvalue weighted by Gasteiger charge is 2.31. The molecule has 156 valence electrons. The first kappa shape index (κ1) is 20.9. The van der Waals surface area contributed by atoms with Crippen molar-refractivity contribution in [3.8, 4) is 17.2 Å². The minimum atomic E-state index is -0.0377. The van der Waals surface area contributed by atoms with Crippen molar-refractivity contribution in [1.29, 1.82) is 0 Å². The quantitative estimate of drug-likeness (QED) is 0.460. The van der Waals surface area contributed by atoms with Gasteiger partial charge >= 0.3 is 0 Å². The molecule has 1 saturated heterocycles. The number of ether oxygens (including phenoxy) is 3. The second-order valence-electron chi connectivity index (χ2n) is 7.59. The highest BCUT2D eigenvalue weighted by molar-refractivity contribution is 9.10. The molecule has 2 heterocycles. The number of fused-ring (bicyclic) bond motifs is 1. The second kappa shape index (κ2) is 9.63. The zero-order valence-electron chi connectivity index (χ0n) is 17.0. The van der Waals surface area contributed by atoms with E-state index in [2.05, 4.69) is 46.0 Å². The van der Waals surface area contributed by atoms with E-state index in [4.69, 9.17) is 14.2 Å². The van der Waals surface area contributed by atoms with E-state index < -0.39 is 0 Å². The second-order valence-corrected chi connectivity index (χ2v) is 9.86. The van der Waals surface area contributed by atoms with Gasteiger partial charge in [-0.3, -0.25) is 0 Å². The molecule has 4 nitrogen and oxygen atoms in total. The van der Waals surface area contributed by atoms with Crippen LogP contribution >= 0.6 is 27.7 Å². The summed E-state index contributed by atoms with van der Waals surface area (Å²) in [5.41, 5.74) is 1.14. The van der Waals surface area contributed by atoms with Gasteiger partial charge in [0.15, 0.2) is 11.5 Å². The van der Waals surface area contributed by atoms with Crippen LogP contribution in [0.5, 0.6) is 17.2 Å². The minimum Gasteiger partial charge on any atom is -0.493 e. The van der Waals surface area contributed by atoms with E-state index in [9.17, 15) is 0 Å². The summed E-state index contributed by atoms with van der Waals surface area (Å²) >= 11 is 5.52. The van der Waals surface area contributed by atoms with Crippen LogP contribution < -0.4 is 14.2 Å². The van der Waals surface area contributed by atoms with Gasteiger partial charge in [0.05, 0.1) is 23.1 Å². The molecule has 6 heteroatoms. The maximum absolute atomic E-state index is 6.39. The Hall–Kier alpha value is -1.37. The van der Waals surface area contributed by atoms with Crippen LogP contribution in [0.25, 0.3) is 0 Å². The van der Waals surface area contributed by atoms with Crippen LogP contribution in [-0.4, -0.2) is 43.5 Å². The third-order valence-electron chi connectivity index (χ3n) is 5.51. The van der Waals surface area contributed by atoms with Gasteiger partial charge in [0.25, 0.3) is 0 Å². The normalized spacial score (nSPS) is 21.5. The Morgan fingerprint density at radius 3 is 2.76 bits per heavy atom. The molecule has 0 amide bonds. The Balaban J connectivity index is 1.40. The van der Waals surface area contributed by atoms with Gasteiger partial charge in [-0.1, -0.05) is 12.1 Å². The van der Waals surface area contributed by atoms with Crippen molar-refractivity contribution in [3.63, 3.8) is 0 Å². The van der Waals surface area contributed by atoms with E-state index in [0.29, 0.717) is 5.25 Å². The molecule has 0 N–H and O–H groups in total. The van der Waals surface area contributed by atoms with Crippen LogP contribution in [0.1, 0.15) is 37.9 Å². The summed E-state index contributed by atoms with van der Waals surface area (Å²) in [6, 6.07) is 12.3. The van der Waals surface area contributed by atoms with Gasteiger partial charge in [0.1, 0.15) is 11.9 Å². The lowest BCUT2D eigenvalue weighted by atomic mass is 10.1. The predicted octanol–water partition coefficient (Wildman–Crippen LogP) is 5.94. The van der Waals surface area contributed by atoms with E-state index >= 15 is 0 Å². The van der Waals surface area contributed by atoms with Gasteiger partial charge in [0.2, 0.25) is 0 Å². The van der Waals surface area contributed by atoms with E-state index in [1.807, 2.05) is 30.0 Å². The van der Waals surface area contributed by atoms with Crippen LogP contribution in [0, 0.1) is 0 Å². The standard InChI is InChI=1S/C23H28BrNO3S/c1-16-22(28-23-20(26-2)7-5-8-21(23)29-16)17-9-10-19(18(24)15-17)27-14-6-13-25-11-3-4-12-25/h5,7-10,15-16,22H,3-4,6,11-14H2,1-2H3/t16-,22+/m0/s1. The first-order valence-electron chi connectivity index (χ1n) is 10.3. The number of halogens is 1. The molecule has 2 aromatic carbocycles. The Morgan fingerprint density at radius 1 is 1.17 bits per heavy atom. The average Bonchev–Trinajstić information content (AvgIpc) is 3.24. The highest BCUT2D eigenvalue weighted by atomic mass is 79.9. The number of benzene rings is 2. The lowest BCUT2D eigenvalue weighted by Crippen LogP contribution is -2.23. The topological polar surface area (TPSA) is 30.9 Å². The van der Waals surface area contributed by atoms with E-state index in [0.717, 1.165) is 51.8 Å². The molecule has 0 radical (unpaired) electrons. The highest BCUT2D eigenvalue weighted by Crippen LogP contribution is 2.49. The van der Waals surface area contributed by atoms with E-state index in [1.165, 1.54) is 25.9 Å². The molecule has 2 aliphatic rings. The summed E-state index contributed by atoms with van der Waals surface area (Å²) in [7, 11) is 1.68. The molecule has 2 aliphatic heterocycles. The molecule has 0 spiro atoms. The van der Waals surface area contributed by atoms with Crippen molar-refractivity contribution >= 4 is 27.7 Å². The fourth-order valence-corrected chi connectivity index (χ4v) is 5.64. The van der Waals surface area contributed by atoms with Crippen molar-refractivity contribution < 1.29 is 14.2 Å². The molecule has 29 heavy (non-hydrogen) atoms. The largest absolute Gasteiger partial charge is 0.493 e. The van der Waals surface area contributed by atoms with Crippen molar-refractivity contribution in [2.75, 3.05) is 33.4 Å². The molecule has 0 aromatic heterocycles. The maximum atomic E-state index is 6.39. The molecule has 2 aromatic rings. The van der Waals surface area contributed by atoms with Gasteiger partial charge < -0.3 is 19.1 Å². The van der Waals surface area contributed by atoms with Crippen LogP contribution in [0.3, 0.4) is 0 Å². The fraction of sp³-hybridized carbons (Fsp3) is 0.478.